The molecule has 0 saturated heterocycles. The van der Waals surface area contributed by atoms with Crippen molar-refractivity contribution in [2.24, 2.45) is 13.0 Å². The zero-order valence-electron chi connectivity index (χ0n) is 11.0. The zero-order chi connectivity index (χ0) is 14.0. The van der Waals surface area contributed by atoms with Crippen molar-refractivity contribution in [3.8, 4) is 0 Å². The van der Waals surface area contributed by atoms with E-state index in [1.165, 1.54) is 11.3 Å². The molecule has 102 valence electrons. The molecule has 2 aromatic rings. The number of aromatic amines is 1. The molecule has 0 aliphatic rings. The van der Waals surface area contributed by atoms with Gasteiger partial charge in [0, 0.05) is 7.05 Å². The molecule has 19 heavy (non-hydrogen) atoms. The summed E-state index contributed by atoms with van der Waals surface area (Å²) >= 11 is 6.53. The minimum Gasteiger partial charge on any atom is -0.341 e. The van der Waals surface area contributed by atoms with Crippen molar-refractivity contribution in [1.82, 2.24) is 20.1 Å². The molecule has 0 aliphatic carbocycles. The number of thiophene rings is 1. The summed E-state index contributed by atoms with van der Waals surface area (Å²) < 4.78 is 2.33. The maximum atomic E-state index is 12.1. The molecule has 2 N–H and O–H groups in total. The van der Waals surface area contributed by atoms with Crippen molar-refractivity contribution in [2.75, 3.05) is 0 Å². The van der Waals surface area contributed by atoms with Gasteiger partial charge in [0.2, 0.25) is 0 Å². The molecule has 0 fully saturated rings. The van der Waals surface area contributed by atoms with Gasteiger partial charge < -0.3 is 9.88 Å². The maximum absolute atomic E-state index is 12.1. The molecule has 7 heteroatoms. The van der Waals surface area contributed by atoms with E-state index in [4.69, 9.17) is 12.2 Å². The molecular weight excluding hydrogens is 280 g/mol. The number of hydrogen-bond acceptors (Lipinski definition) is 4. The van der Waals surface area contributed by atoms with Crippen LogP contribution < -0.4 is 5.32 Å². The SMILES string of the molecule is CC(C)C(NC(=O)c1cccs1)c1n[nH]c(=S)n1C. The summed E-state index contributed by atoms with van der Waals surface area (Å²) in [6, 6.07) is 3.49. The van der Waals surface area contributed by atoms with E-state index in [-0.39, 0.29) is 17.9 Å². The average Bonchev–Trinajstić information content (AvgIpc) is 2.99. The molecule has 0 bridgehead atoms. The number of rotatable bonds is 4. The Morgan fingerprint density at radius 1 is 1.58 bits per heavy atom. The molecular formula is C12H16N4OS2. The van der Waals surface area contributed by atoms with Crippen LogP contribution in [0.3, 0.4) is 0 Å². The maximum Gasteiger partial charge on any atom is 0.261 e. The highest BCUT2D eigenvalue weighted by Gasteiger charge is 2.23. The van der Waals surface area contributed by atoms with Crippen LogP contribution in [0.5, 0.6) is 0 Å². The molecule has 0 spiro atoms. The van der Waals surface area contributed by atoms with Gasteiger partial charge in [-0.1, -0.05) is 19.9 Å². The molecule has 2 aromatic heterocycles. The minimum atomic E-state index is -0.174. The van der Waals surface area contributed by atoms with Crippen molar-refractivity contribution in [2.45, 2.75) is 19.9 Å². The predicted molar refractivity (Wildman–Crippen MR) is 77.8 cm³/mol. The molecule has 0 radical (unpaired) electrons. The molecule has 1 amide bonds. The number of aromatic nitrogens is 3. The molecule has 0 saturated carbocycles. The summed E-state index contributed by atoms with van der Waals surface area (Å²) in [6.45, 7) is 4.08. The van der Waals surface area contributed by atoms with Gasteiger partial charge in [0.05, 0.1) is 10.9 Å². The number of nitrogens with zero attached hydrogens (tertiary/aromatic N) is 2. The van der Waals surface area contributed by atoms with Crippen molar-refractivity contribution in [1.29, 1.82) is 0 Å². The zero-order valence-corrected chi connectivity index (χ0v) is 12.6. The molecule has 1 unspecified atom stereocenters. The second-order valence-electron chi connectivity index (χ2n) is 4.62. The first-order chi connectivity index (χ1) is 9.00. The lowest BCUT2D eigenvalue weighted by molar-refractivity contribution is 0.0926. The predicted octanol–water partition coefficient (Wildman–Crippen LogP) is 2.67. The highest BCUT2D eigenvalue weighted by Crippen LogP contribution is 2.20. The minimum absolute atomic E-state index is 0.0809. The first kappa shape index (κ1) is 14.0. The standard InChI is InChI=1S/C12H16N4OS2/c1-7(2)9(10-14-15-12(18)16(10)3)13-11(17)8-5-4-6-19-8/h4-7,9H,1-3H3,(H,13,17)(H,15,18). The molecule has 0 aliphatic heterocycles. The van der Waals surface area contributed by atoms with E-state index in [1.54, 1.807) is 10.6 Å². The number of H-pyrrole nitrogens is 1. The topological polar surface area (TPSA) is 62.7 Å². The number of carbonyl (C=O) groups is 1. The van der Waals surface area contributed by atoms with E-state index >= 15 is 0 Å². The van der Waals surface area contributed by atoms with Crippen LogP contribution in [-0.4, -0.2) is 20.7 Å². The fourth-order valence-corrected chi connectivity index (χ4v) is 2.55. The second-order valence-corrected chi connectivity index (χ2v) is 5.95. The Hall–Kier alpha value is -1.47. The quantitative estimate of drug-likeness (QED) is 0.853. The molecule has 2 heterocycles. The average molecular weight is 296 g/mol. The first-order valence-electron chi connectivity index (χ1n) is 5.96. The Kier molecular flexibility index (Phi) is 4.16. The van der Waals surface area contributed by atoms with E-state index in [0.29, 0.717) is 9.65 Å². The summed E-state index contributed by atoms with van der Waals surface area (Å²) in [4.78, 5) is 12.8. The highest BCUT2D eigenvalue weighted by atomic mass is 32.1. The van der Waals surface area contributed by atoms with Crippen molar-refractivity contribution in [3.63, 3.8) is 0 Å². The van der Waals surface area contributed by atoms with Gasteiger partial charge in [-0.25, -0.2) is 0 Å². The highest BCUT2D eigenvalue weighted by molar-refractivity contribution is 7.71. The fraction of sp³-hybridized carbons (Fsp3) is 0.417. The number of nitrogens with one attached hydrogen (secondary N) is 2. The largest absolute Gasteiger partial charge is 0.341 e. The van der Waals surface area contributed by atoms with Crippen LogP contribution in [-0.2, 0) is 7.05 Å². The van der Waals surface area contributed by atoms with Crippen molar-refractivity contribution < 1.29 is 4.79 Å². The van der Waals surface area contributed by atoms with E-state index in [1.807, 2.05) is 32.3 Å². The van der Waals surface area contributed by atoms with Crippen LogP contribution in [0.2, 0.25) is 0 Å². The third kappa shape index (κ3) is 2.93. The normalized spacial score (nSPS) is 12.6. The lowest BCUT2D eigenvalue weighted by Gasteiger charge is -2.21. The van der Waals surface area contributed by atoms with E-state index in [2.05, 4.69) is 15.5 Å². The summed E-state index contributed by atoms with van der Waals surface area (Å²) in [5.74, 6) is 0.875. The Labute approximate surface area is 120 Å². The molecule has 5 nitrogen and oxygen atoms in total. The lowest BCUT2D eigenvalue weighted by Crippen LogP contribution is -2.33. The van der Waals surface area contributed by atoms with Crippen LogP contribution in [0, 0.1) is 10.7 Å². The monoisotopic (exact) mass is 296 g/mol. The Balaban J connectivity index is 2.25. The van der Waals surface area contributed by atoms with Crippen LogP contribution in [0.1, 0.15) is 35.4 Å². The molecule has 1 atom stereocenters. The Morgan fingerprint density at radius 3 is 2.79 bits per heavy atom. The van der Waals surface area contributed by atoms with E-state index in [0.717, 1.165) is 5.82 Å². The third-order valence-corrected chi connectivity index (χ3v) is 4.12. The Morgan fingerprint density at radius 2 is 2.32 bits per heavy atom. The van der Waals surface area contributed by atoms with Gasteiger partial charge in [-0.2, -0.15) is 5.10 Å². The molecule has 2 rings (SSSR count). The van der Waals surface area contributed by atoms with Crippen LogP contribution in [0.25, 0.3) is 0 Å². The Bertz CT molecular complexity index is 612. The third-order valence-electron chi connectivity index (χ3n) is 2.89. The molecule has 0 aromatic carbocycles. The van der Waals surface area contributed by atoms with Gasteiger partial charge in [-0.05, 0) is 29.6 Å². The van der Waals surface area contributed by atoms with E-state index < -0.39 is 0 Å². The smallest absolute Gasteiger partial charge is 0.261 e. The number of amides is 1. The number of hydrogen-bond donors (Lipinski definition) is 2. The van der Waals surface area contributed by atoms with Crippen LogP contribution in [0.15, 0.2) is 17.5 Å². The van der Waals surface area contributed by atoms with Crippen LogP contribution >= 0.6 is 23.6 Å². The fourth-order valence-electron chi connectivity index (χ4n) is 1.79. The van der Waals surface area contributed by atoms with Gasteiger partial charge in [0.25, 0.3) is 5.91 Å². The van der Waals surface area contributed by atoms with Gasteiger partial charge in [-0.15, -0.1) is 11.3 Å². The van der Waals surface area contributed by atoms with Crippen molar-refractivity contribution in [3.05, 3.63) is 33.0 Å². The first-order valence-corrected chi connectivity index (χ1v) is 7.25. The summed E-state index contributed by atoms with van der Waals surface area (Å²) in [7, 11) is 1.84. The van der Waals surface area contributed by atoms with Gasteiger partial charge in [-0.3, -0.25) is 9.89 Å². The number of carbonyl (C=O) groups excluding carboxylic acids is 1. The van der Waals surface area contributed by atoms with Crippen molar-refractivity contribution >= 4 is 29.5 Å². The lowest BCUT2D eigenvalue weighted by atomic mass is 10.0. The van der Waals surface area contributed by atoms with Gasteiger partial charge in [0.15, 0.2) is 10.6 Å². The second kappa shape index (κ2) is 5.66. The summed E-state index contributed by atoms with van der Waals surface area (Å²) in [5, 5.41) is 11.8. The van der Waals surface area contributed by atoms with Crippen LogP contribution in [0.4, 0.5) is 0 Å². The summed E-state index contributed by atoms with van der Waals surface area (Å²) in [6.07, 6.45) is 0. The summed E-state index contributed by atoms with van der Waals surface area (Å²) in [5.41, 5.74) is 0. The van der Waals surface area contributed by atoms with E-state index in [9.17, 15) is 4.79 Å². The van der Waals surface area contributed by atoms with Gasteiger partial charge >= 0.3 is 0 Å². The van der Waals surface area contributed by atoms with Gasteiger partial charge in [0.1, 0.15) is 0 Å².